The van der Waals surface area contributed by atoms with Gasteiger partial charge in [0.25, 0.3) is 5.91 Å². The van der Waals surface area contributed by atoms with Crippen LogP contribution in [0.2, 0.25) is 13.7 Å². The van der Waals surface area contributed by atoms with Gasteiger partial charge >= 0.3 is 0 Å². The number of nitrogens with one attached hydrogen (secondary N) is 1. The topological polar surface area (TPSA) is 42.0 Å². The molecule has 3 nitrogen and oxygen atoms in total. The van der Waals surface area contributed by atoms with Crippen molar-refractivity contribution in [3.05, 3.63) is 54.0 Å². The molecule has 1 N–H and O–H groups in total. The van der Waals surface area contributed by atoms with Gasteiger partial charge in [0, 0.05) is 21.0 Å². The van der Waals surface area contributed by atoms with E-state index in [2.05, 4.69) is 10.3 Å². The molecule has 0 bridgehead atoms. The second kappa shape index (κ2) is 7.07. The first-order valence-corrected chi connectivity index (χ1v) is 10.7. The number of carbonyl (C=O) groups excluding carboxylic acids is 1. The van der Waals surface area contributed by atoms with Gasteiger partial charge in [0.15, 0.2) is 5.13 Å². The highest BCUT2D eigenvalue weighted by Gasteiger charge is 2.19. The number of carbonyl (C=O) groups is 1. The van der Waals surface area contributed by atoms with Crippen molar-refractivity contribution < 1.29 is 9.18 Å². The van der Waals surface area contributed by atoms with Crippen molar-refractivity contribution in [1.29, 1.82) is 0 Å². The summed E-state index contributed by atoms with van der Waals surface area (Å²) in [4.78, 5) is 17.2. The first-order valence-electron chi connectivity index (χ1n) is 7.02. The second-order valence-corrected chi connectivity index (χ2v) is 9.69. The zero-order valence-electron chi connectivity index (χ0n) is 12.5. The van der Waals surface area contributed by atoms with E-state index in [4.69, 9.17) is 34.8 Å². The molecule has 1 aromatic carbocycles. The summed E-state index contributed by atoms with van der Waals surface area (Å²) in [6.45, 7) is 0. The molecule has 0 aliphatic carbocycles. The molecule has 0 unspecified atom stereocenters. The smallest absolute Gasteiger partial charge is 0.269 e. The molecular formula is C16H6Cl3FN2OS3. The molecule has 0 fully saturated rings. The highest BCUT2D eigenvalue weighted by atomic mass is 35.5. The van der Waals surface area contributed by atoms with Crippen LogP contribution in [-0.4, -0.2) is 10.9 Å². The van der Waals surface area contributed by atoms with Gasteiger partial charge in [-0.25, -0.2) is 9.37 Å². The lowest BCUT2D eigenvalue weighted by molar-refractivity contribution is 0.103. The predicted molar refractivity (Wildman–Crippen MR) is 110 cm³/mol. The molecule has 0 saturated carbocycles. The van der Waals surface area contributed by atoms with Crippen LogP contribution in [-0.2, 0) is 0 Å². The minimum absolute atomic E-state index is 0.298. The van der Waals surface area contributed by atoms with Crippen molar-refractivity contribution in [3.8, 4) is 11.3 Å². The van der Waals surface area contributed by atoms with E-state index in [9.17, 15) is 9.18 Å². The van der Waals surface area contributed by atoms with Gasteiger partial charge in [-0.15, -0.1) is 34.0 Å². The highest BCUT2D eigenvalue weighted by Crippen LogP contribution is 2.40. The van der Waals surface area contributed by atoms with E-state index in [-0.39, 0.29) is 5.82 Å². The van der Waals surface area contributed by atoms with Crippen LogP contribution in [0.1, 0.15) is 9.67 Å². The van der Waals surface area contributed by atoms with Crippen molar-refractivity contribution in [2.24, 2.45) is 0 Å². The number of fused-ring (bicyclic) bond motifs is 1. The summed E-state index contributed by atoms with van der Waals surface area (Å²) >= 11 is 22.0. The monoisotopic (exact) mass is 462 g/mol. The SMILES string of the molecule is O=C(Nc1nc(-c2cc(Cl)sc2Cl)cs1)c1sc2cc(F)ccc2c1Cl. The molecule has 0 aliphatic heterocycles. The van der Waals surface area contributed by atoms with E-state index in [1.165, 1.54) is 34.8 Å². The fourth-order valence-corrected chi connectivity index (χ4v) is 5.93. The van der Waals surface area contributed by atoms with E-state index in [0.29, 0.717) is 45.0 Å². The van der Waals surface area contributed by atoms with Crippen molar-refractivity contribution in [2.75, 3.05) is 5.32 Å². The van der Waals surface area contributed by atoms with Crippen molar-refractivity contribution in [3.63, 3.8) is 0 Å². The third-order valence-corrected chi connectivity index (χ3v) is 7.36. The lowest BCUT2D eigenvalue weighted by Gasteiger charge is -1.99. The first-order chi connectivity index (χ1) is 12.4. The third kappa shape index (κ3) is 3.35. The summed E-state index contributed by atoms with van der Waals surface area (Å²) in [5.74, 6) is -0.773. The zero-order chi connectivity index (χ0) is 18.4. The number of benzene rings is 1. The lowest BCUT2D eigenvalue weighted by Crippen LogP contribution is -2.10. The van der Waals surface area contributed by atoms with Crippen LogP contribution < -0.4 is 5.32 Å². The molecule has 26 heavy (non-hydrogen) atoms. The zero-order valence-corrected chi connectivity index (χ0v) is 17.2. The molecule has 4 rings (SSSR count). The maximum atomic E-state index is 13.4. The summed E-state index contributed by atoms with van der Waals surface area (Å²) < 4.78 is 15.1. The van der Waals surface area contributed by atoms with Crippen LogP contribution in [0.4, 0.5) is 9.52 Å². The van der Waals surface area contributed by atoms with Crippen molar-refractivity contribution >= 4 is 89.9 Å². The Morgan fingerprint density at radius 3 is 2.69 bits per heavy atom. The summed E-state index contributed by atoms with van der Waals surface area (Å²) in [7, 11) is 0. The highest BCUT2D eigenvalue weighted by molar-refractivity contribution is 7.22. The molecule has 0 radical (unpaired) electrons. The van der Waals surface area contributed by atoms with Crippen LogP contribution >= 0.6 is 68.8 Å². The molecule has 0 aliphatic rings. The van der Waals surface area contributed by atoms with Crippen molar-refractivity contribution in [1.82, 2.24) is 4.98 Å². The molecular weight excluding hydrogens is 458 g/mol. The molecule has 4 aromatic rings. The average molecular weight is 464 g/mol. The summed E-state index contributed by atoms with van der Waals surface area (Å²) in [6, 6.07) is 5.95. The normalized spacial score (nSPS) is 11.2. The number of anilines is 1. The predicted octanol–water partition coefficient (Wildman–Crippen LogP) is 7.44. The van der Waals surface area contributed by atoms with Gasteiger partial charge in [-0.1, -0.05) is 34.8 Å². The van der Waals surface area contributed by atoms with Crippen LogP contribution in [0.15, 0.2) is 29.6 Å². The fraction of sp³-hybridized carbons (Fsp3) is 0. The largest absolute Gasteiger partial charge is 0.297 e. The number of halogens is 4. The molecule has 1 amide bonds. The van der Waals surface area contributed by atoms with E-state index < -0.39 is 5.91 Å². The Morgan fingerprint density at radius 1 is 1.15 bits per heavy atom. The summed E-state index contributed by atoms with van der Waals surface area (Å²) in [5.41, 5.74) is 1.34. The summed E-state index contributed by atoms with van der Waals surface area (Å²) in [5, 5.41) is 5.84. The number of nitrogens with zero attached hydrogens (tertiary/aromatic N) is 1. The van der Waals surface area contributed by atoms with Crippen molar-refractivity contribution in [2.45, 2.75) is 0 Å². The number of hydrogen-bond acceptors (Lipinski definition) is 5. The maximum absolute atomic E-state index is 13.4. The molecule has 0 spiro atoms. The number of rotatable bonds is 3. The number of thiazole rings is 1. The van der Waals surface area contributed by atoms with E-state index in [1.807, 2.05) is 0 Å². The van der Waals surface area contributed by atoms with Gasteiger partial charge in [0.05, 0.1) is 15.1 Å². The Morgan fingerprint density at radius 2 is 1.96 bits per heavy atom. The van der Waals surface area contributed by atoms with E-state index >= 15 is 0 Å². The first kappa shape index (κ1) is 18.2. The van der Waals surface area contributed by atoms with Gasteiger partial charge in [0.1, 0.15) is 15.0 Å². The Labute approximate surface area is 174 Å². The van der Waals surface area contributed by atoms with Crippen LogP contribution in [0.5, 0.6) is 0 Å². The lowest BCUT2D eigenvalue weighted by atomic mass is 10.2. The number of amides is 1. The second-order valence-electron chi connectivity index (χ2n) is 5.12. The van der Waals surface area contributed by atoms with E-state index in [1.54, 1.807) is 17.5 Å². The van der Waals surface area contributed by atoms with Crippen LogP contribution in [0.25, 0.3) is 21.3 Å². The van der Waals surface area contributed by atoms with Crippen LogP contribution in [0, 0.1) is 5.82 Å². The molecule has 132 valence electrons. The number of aromatic nitrogens is 1. The molecule has 3 aromatic heterocycles. The van der Waals surface area contributed by atoms with Gasteiger partial charge < -0.3 is 0 Å². The Hall–Kier alpha value is -1.22. The number of thiophene rings is 2. The van der Waals surface area contributed by atoms with Gasteiger partial charge in [-0.2, -0.15) is 0 Å². The Balaban J connectivity index is 1.61. The quantitative estimate of drug-likeness (QED) is 0.343. The summed E-state index contributed by atoms with van der Waals surface area (Å²) in [6.07, 6.45) is 0. The van der Waals surface area contributed by atoms with E-state index in [0.717, 1.165) is 11.3 Å². The Bertz CT molecular complexity index is 1150. The molecule has 0 saturated heterocycles. The Kier molecular flexibility index (Phi) is 4.94. The molecule has 3 heterocycles. The molecule has 10 heteroatoms. The van der Waals surface area contributed by atoms with Gasteiger partial charge in [-0.05, 0) is 24.3 Å². The molecule has 0 atom stereocenters. The minimum Gasteiger partial charge on any atom is -0.297 e. The average Bonchev–Trinajstić information content (AvgIpc) is 3.25. The van der Waals surface area contributed by atoms with Gasteiger partial charge in [-0.3, -0.25) is 10.1 Å². The number of hydrogen-bond donors (Lipinski definition) is 1. The third-order valence-electron chi connectivity index (χ3n) is 3.46. The standard InChI is InChI=1S/C16H6Cl3FN2OS3/c17-11-4-8(14(19)26-11)9-5-24-16(21-9)22-15(23)13-12(18)7-2-1-6(20)3-10(7)25-13/h1-5H,(H,21,22,23). The van der Waals surface area contributed by atoms with Gasteiger partial charge in [0.2, 0.25) is 0 Å². The minimum atomic E-state index is -0.396. The maximum Gasteiger partial charge on any atom is 0.269 e. The van der Waals surface area contributed by atoms with Crippen LogP contribution in [0.3, 0.4) is 0 Å². The fourth-order valence-electron chi connectivity index (χ4n) is 2.31.